The highest BCUT2D eigenvalue weighted by Crippen LogP contribution is 2.20. The zero-order valence-electron chi connectivity index (χ0n) is 12.8. The van der Waals surface area contributed by atoms with Crippen LogP contribution in [0.25, 0.3) is 16.7 Å². The van der Waals surface area contributed by atoms with E-state index in [1.165, 1.54) is 6.26 Å². The van der Waals surface area contributed by atoms with Gasteiger partial charge in [-0.05, 0) is 36.4 Å². The van der Waals surface area contributed by atoms with E-state index in [-0.39, 0.29) is 11.7 Å². The number of nitrogens with zero attached hydrogens (tertiary/aromatic N) is 2. The zero-order valence-corrected chi connectivity index (χ0v) is 12.8. The predicted octanol–water partition coefficient (Wildman–Crippen LogP) is 2.85. The summed E-state index contributed by atoms with van der Waals surface area (Å²) in [5, 5.41) is 2.78. The molecule has 0 unspecified atom stereocenters. The summed E-state index contributed by atoms with van der Waals surface area (Å²) in [6.45, 7) is 0.843. The maximum absolute atomic E-state index is 12.1. The molecule has 0 bridgehead atoms. The number of hydrogen-bond donors (Lipinski definition) is 1. The maximum Gasteiger partial charge on any atom is 0.294 e. The Labute approximate surface area is 138 Å². The fraction of sp³-hybridized carbons (Fsp3) is 0.111. The first-order chi connectivity index (χ1) is 11.8. The van der Waals surface area contributed by atoms with Crippen molar-refractivity contribution in [2.75, 3.05) is 18.5 Å². The van der Waals surface area contributed by atoms with Gasteiger partial charge in [-0.15, -0.1) is 0 Å². The van der Waals surface area contributed by atoms with Crippen LogP contribution in [-0.2, 0) is 14.3 Å². The molecular formula is C18H15N3O3. The van der Waals surface area contributed by atoms with Crippen LogP contribution in [0, 0.1) is 0 Å². The van der Waals surface area contributed by atoms with Gasteiger partial charge in [0.2, 0.25) is 5.76 Å². The number of amides is 1. The summed E-state index contributed by atoms with van der Waals surface area (Å²) in [7, 11) is 0. The lowest BCUT2D eigenvalue weighted by molar-refractivity contribution is -0.117. The molecule has 0 radical (unpaired) electrons. The van der Waals surface area contributed by atoms with Crippen molar-refractivity contribution in [2.24, 2.45) is 0 Å². The number of carbonyl (C=O) groups is 1. The van der Waals surface area contributed by atoms with Crippen molar-refractivity contribution in [2.45, 2.75) is 0 Å². The maximum atomic E-state index is 12.1. The average Bonchev–Trinajstić information content (AvgIpc) is 3.07. The van der Waals surface area contributed by atoms with Crippen LogP contribution in [0.4, 0.5) is 5.69 Å². The number of imidazole rings is 1. The predicted molar refractivity (Wildman–Crippen MR) is 89.7 cm³/mol. The molecule has 4 rings (SSSR count). The highest BCUT2D eigenvalue weighted by Gasteiger charge is 2.15. The fourth-order valence-electron chi connectivity index (χ4n) is 2.55. The van der Waals surface area contributed by atoms with E-state index < -0.39 is 0 Å². The molecule has 120 valence electrons. The number of benzene rings is 2. The van der Waals surface area contributed by atoms with Gasteiger partial charge in [0, 0.05) is 11.4 Å². The van der Waals surface area contributed by atoms with Gasteiger partial charge >= 0.3 is 0 Å². The van der Waals surface area contributed by atoms with Crippen molar-refractivity contribution in [1.29, 1.82) is 0 Å². The molecule has 0 aliphatic carbocycles. The Bertz CT molecular complexity index is 913. The van der Waals surface area contributed by atoms with Gasteiger partial charge in [-0.25, -0.2) is 4.98 Å². The van der Waals surface area contributed by atoms with Crippen molar-refractivity contribution >= 4 is 22.6 Å². The molecule has 0 saturated carbocycles. The standard InChI is InChI=1S/C18H15N3O3/c22-18(17-11-23-9-10-24-17)20-13-5-7-14(8-6-13)21-12-19-15-3-1-2-4-16(15)21/h1-8,11-12H,9-10H2,(H,20,22). The summed E-state index contributed by atoms with van der Waals surface area (Å²) in [4.78, 5) is 16.4. The third-order valence-corrected chi connectivity index (χ3v) is 3.73. The number of para-hydroxylation sites is 2. The van der Waals surface area contributed by atoms with Gasteiger partial charge in [0.15, 0.2) is 0 Å². The topological polar surface area (TPSA) is 65.4 Å². The summed E-state index contributed by atoms with van der Waals surface area (Å²) < 4.78 is 12.3. The molecule has 1 amide bonds. The monoisotopic (exact) mass is 321 g/mol. The molecule has 6 heteroatoms. The van der Waals surface area contributed by atoms with E-state index >= 15 is 0 Å². The normalized spacial score (nSPS) is 13.8. The Morgan fingerprint density at radius 2 is 1.92 bits per heavy atom. The largest absolute Gasteiger partial charge is 0.494 e. The van der Waals surface area contributed by atoms with Crippen molar-refractivity contribution in [1.82, 2.24) is 9.55 Å². The molecule has 0 spiro atoms. The first-order valence-corrected chi connectivity index (χ1v) is 7.60. The molecule has 6 nitrogen and oxygen atoms in total. The minimum Gasteiger partial charge on any atom is -0.494 e. The fourth-order valence-corrected chi connectivity index (χ4v) is 2.55. The van der Waals surface area contributed by atoms with Crippen molar-refractivity contribution in [3.05, 3.63) is 66.9 Å². The zero-order chi connectivity index (χ0) is 16.4. The molecule has 1 aliphatic rings. The second-order valence-corrected chi connectivity index (χ2v) is 5.31. The van der Waals surface area contributed by atoms with Crippen LogP contribution in [0.15, 0.2) is 66.9 Å². The molecule has 1 aromatic heterocycles. The quantitative estimate of drug-likeness (QED) is 0.805. The number of ether oxygens (including phenoxy) is 2. The average molecular weight is 321 g/mol. The molecule has 24 heavy (non-hydrogen) atoms. The van der Waals surface area contributed by atoms with E-state index in [9.17, 15) is 4.79 Å². The number of anilines is 1. The Hall–Kier alpha value is -3.28. The van der Waals surface area contributed by atoms with Crippen LogP contribution in [0.1, 0.15) is 0 Å². The number of rotatable bonds is 3. The van der Waals surface area contributed by atoms with Gasteiger partial charge in [-0.1, -0.05) is 12.1 Å². The minimum absolute atomic E-state index is 0.186. The molecule has 3 aromatic rings. The molecule has 2 aromatic carbocycles. The highest BCUT2D eigenvalue weighted by atomic mass is 16.6. The molecule has 1 aliphatic heterocycles. The molecule has 0 atom stereocenters. The Balaban J connectivity index is 1.54. The van der Waals surface area contributed by atoms with Crippen LogP contribution < -0.4 is 5.32 Å². The van der Waals surface area contributed by atoms with Gasteiger partial charge in [-0.2, -0.15) is 0 Å². The van der Waals surface area contributed by atoms with Crippen LogP contribution in [-0.4, -0.2) is 28.7 Å². The van der Waals surface area contributed by atoms with Crippen molar-refractivity contribution in [3.8, 4) is 5.69 Å². The Morgan fingerprint density at radius 3 is 2.71 bits per heavy atom. The Morgan fingerprint density at radius 1 is 1.08 bits per heavy atom. The van der Waals surface area contributed by atoms with Gasteiger partial charge in [0.25, 0.3) is 5.91 Å². The third-order valence-electron chi connectivity index (χ3n) is 3.73. The van der Waals surface area contributed by atoms with E-state index in [2.05, 4.69) is 10.3 Å². The first kappa shape index (κ1) is 14.3. The lowest BCUT2D eigenvalue weighted by Crippen LogP contribution is -2.21. The van der Waals surface area contributed by atoms with Crippen LogP contribution in [0.2, 0.25) is 0 Å². The van der Waals surface area contributed by atoms with Gasteiger partial charge in [-0.3, -0.25) is 9.36 Å². The lowest BCUT2D eigenvalue weighted by Gasteiger charge is -2.15. The number of fused-ring (bicyclic) bond motifs is 1. The minimum atomic E-state index is -0.324. The van der Waals surface area contributed by atoms with E-state index in [0.29, 0.717) is 18.9 Å². The summed E-state index contributed by atoms with van der Waals surface area (Å²) in [5.74, 6) is -0.138. The van der Waals surface area contributed by atoms with Crippen LogP contribution in [0.5, 0.6) is 0 Å². The van der Waals surface area contributed by atoms with E-state index in [1.54, 1.807) is 6.33 Å². The van der Waals surface area contributed by atoms with E-state index in [4.69, 9.17) is 9.47 Å². The van der Waals surface area contributed by atoms with Gasteiger partial charge < -0.3 is 14.8 Å². The van der Waals surface area contributed by atoms with E-state index in [1.807, 2.05) is 53.1 Å². The van der Waals surface area contributed by atoms with E-state index in [0.717, 1.165) is 16.7 Å². The van der Waals surface area contributed by atoms with Crippen LogP contribution >= 0.6 is 0 Å². The van der Waals surface area contributed by atoms with Crippen LogP contribution in [0.3, 0.4) is 0 Å². The molecule has 0 fully saturated rings. The number of aromatic nitrogens is 2. The summed E-state index contributed by atoms with van der Waals surface area (Å²) in [6, 6.07) is 15.5. The first-order valence-electron chi connectivity index (χ1n) is 7.60. The third kappa shape index (κ3) is 2.69. The van der Waals surface area contributed by atoms with Gasteiger partial charge in [0.1, 0.15) is 25.8 Å². The molecule has 1 N–H and O–H groups in total. The second kappa shape index (κ2) is 6.08. The summed E-state index contributed by atoms with van der Waals surface area (Å²) >= 11 is 0. The molecular weight excluding hydrogens is 306 g/mol. The Kier molecular flexibility index (Phi) is 3.63. The van der Waals surface area contributed by atoms with Crippen molar-refractivity contribution < 1.29 is 14.3 Å². The smallest absolute Gasteiger partial charge is 0.294 e. The number of hydrogen-bond acceptors (Lipinski definition) is 4. The molecule has 2 heterocycles. The molecule has 0 saturated heterocycles. The number of carbonyl (C=O) groups excluding carboxylic acids is 1. The SMILES string of the molecule is O=C(Nc1ccc(-n2cnc3ccccc32)cc1)C1=COCCO1. The van der Waals surface area contributed by atoms with Gasteiger partial charge in [0.05, 0.1) is 11.0 Å². The lowest BCUT2D eigenvalue weighted by atomic mass is 10.2. The second-order valence-electron chi connectivity index (χ2n) is 5.31. The highest BCUT2D eigenvalue weighted by molar-refractivity contribution is 6.02. The van der Waals surface area contributed by atoms with Crippen molar-refractivity contribution in [3.63, 3.8) is 0 Å². The summed E-state index contributed by atoms with van der Waals surface area (Å²) in [5.41, 5.74) is 3.63. The number of nitrogens with one attached hydrogen (secondary N) is 1. The summed E-state index contributed by atoms with van der Waals surface area (Å²) in [6.07, 6.45) is 3.13.